The lowest BCUT2D eigenvalue weighted by Crippen LogP contribution is -2.44. The second-order valence-electron chi connectivity index (χ2n) is 4.27. The van der Waals surface area contributed by atoms with Crippen LogP contribution in [0.1, 0.15) is 12.0 Å². The molecule has 0 bridgehead atoms. The molecule has 114 valence electrons. The maximum Gasteiger partial charge on any atom is 0.326 e. The van der Waals surface area contributed by atoms with Crippen molar-refractivity contribution in [3.05, 3.63) is 29.8 Å². The average Bonchev–Trinajstić information content (AvgIpc) is 2.40. The number of urea groups is 1. The fourth-order valence-electron chi connectivity index (χ4n) is 1.68. The molecule has 0 saturated carbocycles. The molecule has 0 fully saturated rings. The summed E-state index contributed by atoms with van der Waals surface area (Å²) in [6, 6.07) is 4.74. The number of aliphatic carboxylic acids is 2. The Hall–Kier alpha value is -2.61. The molecule has 0 saturated heterocycles. The molecular formula is C13H17N3O5. The van der Waals surface area contributed by atoms with Gasteiger partial charge in [0.2, 0.25) is 0 Å². The maximum atomic E-state index is 11.8. The number of hydrogen-bond acceptors (Lipinski definition) is 4. The molecule has 0 aromatic heterocycles. The summed E-state index contributed by atoms with van der Waals surface area (Å²) in [6.07, 6.45) is -0.694. The molecule has 8 nitrogen and oxygen atoms in total. The maximum absolute atomic E-state index is 11.8. The highest BCUT2D eigenvalue weighted by atomic mass is 16.4. The van der Waals surface area contributed by atoms with Gasteiger partial charge in [0.05, 0.1) is 6.42 Å². The number of rotatable bonds is 7. The van der Waals surface area contributed by atoms with Gasteiger partial charge >= 0.3 is 18.0 Å². The zero-order valence-electron chi connectivity index (χ0n) is 11.4. The minimum Gasteiger partial charge on any atom is -0.481 e. The summed E-state index contributed by atoms with van der Waals surface area (Å²) in [5, 5.41) is 25.0. The fourth-order valence-corrected chi connectivity index (χ4v) is 1.68. The van der Waals surface area contributed by atoms with Crippen LogP contribution in [0.4, 0.5) is 10.5 Å². The van der Waals surface area contributed by atoms with Gasteiger partial charge in [-0.2, -0.15) is 0 Å². The Kier molecular flexibility index (Phi) is 6.15. The Morgan fingerprint density at radius 1 is 1.19 bits per heavy atom. The molecule has 0 heterocycles. The lowest BCUT2D eigenvalue weighted by atomic mass is 10.1. The molecule has 0 aliphatic carbocycles. The summed E-state index contributed by atoms with van der Waals surface area (Å²) in [5.74, 6) is -2.71. The van der Waals surface area contributed by atoms with Crippen LogP contribution in [0.25, 0.3) is 0 Å². The molecule has 0 unspecified atom stereocenters. The van der Waals surface area contributed by atoms with Crippen molar-refractivity contribution in [3.8, 4) is 0 Å². The summed E-state index contributed by atoms with van der Waals surface area (Å²) in [6.45, 7) is 0.522. The first-order valence-electron chi connectivity index (χ1n) is 6.18. The predicted octanol–water partition coefficient (Wildman–Crippen LogP) is 0.455. The first-order chi connectivity index (χ1) is 9.93. The number of para-hydroxylation sites is 1. The SMILES string of the molecule is CNCc1ccccc1NC(=O)N[C@@H](CC(=O)O)C(=O)O. The van der Waals surface area contributed by atoms with Crippen LogP contribution in [-0.4, -0.2) is 41.3 Å². The lowest BCUT2D eigenvalue weighted by molar-refractivity contribution is -0.145. The number of carbonyl (C=O) groups is 3. The molecule has 1 aromatic rings. The van der Waals surface area contributed by atoms with Crippen LogP contribution >= 0.6 is 0 Å². The van der Waals surface area contributed by atoms with Gasteiger partial charge in [-0.25, -0.2) is 9.59 Å². The molecule has 21 heavy (non-hydrogen) atoms. The van der Waals surface area contributed by atoms with E-state index in [0.717, 1.165) is 5.56 Å². The summed E-state index contributed by atoms with van der Waals surface area (Å²) in [4.78, 5) is 33.2. The van der Waals surface area contributed by atoms with Crippen molar-refractivity contribution in [1.29, 1.82) is 0 Å². The van der Waals surface area contributed by atoms with Crippen LogP contribution < -0.4 is 16.0 Å². The number of hydrogen-bond donors (Lipinski definition) is 5. The topological polar surface area (TPSA) is 128 Å². The van der Waals surface area contributed by atoms with Crippen molar-refractivity contribution in [2.24, 2.45) is 0 Å². The first kappa shape index (κ1) is 16.4. The lowest BCUT2D eigenvalue weighted by Gasteiger charge is -2.15. The van der Waals surface area contributed by atoms with Crippen LogP contribution in [0.15, 0.2) is 24.3 Å². The molecule has 0 radical (unpaired) electrons. The zero-order valence-corrected chi connectivity index (χ0v) is 11.4. The van der Waals surface area contributed by atoms with E-state index in [2.05, 4.69) is 16.0 Å². The van der Waals surface area contributed by atoms with Crippen LogP contribution in [0.5, 0.6) is 0 Å². The second kappa shape index (κ2) is 7.85. The van der Waals surface area contributed by atoms with Gasteiger partial charge in [0.25, 0.3) is 0 Å². The van der Waals surface area contributed by atoms with E-state index in [1.165, 1.54) is 0 Å². The molecule has 5 N–H and O–H groups in total. The van der Waals surface area contributed by atoms with Gasteiger partial charge < -0.3 is 26.2 Å². The van der Waals surface area contributed by atoms with Crippen molar-refractivity contribution in [2.45, 2.75) is 19.0 Å². The van der Waals surface area contributed by atoms with Crippen molar-refractivity contribution in [3.63, 3.8) is 0 Å². The summed E-state index contributed by atoms with van der Waals surface area (Å²) < 4.78 is 0. The Morgan fingerprint density at radius 3 is 2.43 bits per heavy atom. The van der Waals surface area contributed by atoms with E-state index in [9.17, 15) is 14.4 Å². The smallest absolute Gasteiger partial charge is 0.326 e. The monoisotopic (exact) mass is 295 g/mol. The third-order valence-corrected chi connectivity index (χ3v) is 2.61. The minimum absolute atomic E-state index is 0.517. The van der Waals surface area contributed by atoms with Crippen molar-refractivity contribution in [1.82, 2.24) is 10.6 Å². The number of nitrogens with one attached hydrogen (secondary N) is 3. The van der Waals surface area contributed by atoms with Crippen LogP contribution in [0.3, 0.4) is 0 Å². The normalized spacial score (nSPS) is 11.5. The zero-order chi connectivity index (χ0) is 15.8. The second-order valence-corrected chi connectivity index (χ2v) is 4.27. The van der Waals surface area contributed by atoms with Gasteiger partial charge in [-0.1, -0.05) is 18.2 Å². The molecular weight excluding hydrogens is 278 g/mol. The molecule has 1 rings (SSSR count). The fraction of sp³-hybridized carbons (Fsp3) is 0.308. The first-order valence-corrected chi connectivity index (χ1v) is 6.18. The molecule has 0 aliphatic heterocycles. The van der Waals surface area contributed by atoms with E-state index in [4.69, 9.17) is 10.2 Å². The van der Waals surface area contributed by atoms with E-state index < -0.39 is 30.4 Å². The van der Waals surface area contributed by atoms with E-state index in [1.807, 2.05) is 0 Å². The van der Waals surface area contributed by atoms with E-state index in [0.29, 0.717) is 12.2 Å². The highest BCUT2D eigenvalue weighted by molar-refractivity contribution is 5.93. The van der Waals surface area contributed by atoms with Crippen molar-refractivity contribution in [2.75, 3.05) is 12.4 Å². The van der Waals surface area contributed by atoms with E-state index in [1.54, 1.807) is 31.3 Å². The third-order valence-electron chi connectivity index (χ3n) is 2.61. The third kappa shape index (κ3) is 5.49. The number of amides is 2. The number of carboxylic acids is 2. The summed E-state index contributed by atoms with van der Waals surface area (Å²) in [5.41, 5.74) is 1.34. The number of carboxylic acid groups (broad SMARTS) is 2. The standard InChI is InChI=1S/C13H17N3O5/c1-14-7-8-4-2-3-5-9(8)15-13(21)16-10(12(19)20)6-11(17)18/h2-5,10,14H,6-7H2,1H3,(H,17,18)(H,19,20)(H2,15,16,21)/t10-/m0/s1. The molecule has 8 heteroatoms. The molecule has 0 spiro atoms. The minimum atomic E-state index is -1.49. The number of anilines is 1. The van der Waals surface area contributed by atoms with Gasteiger partial charge in [-0.05, 0) is 18.7 Å². The highest BCUT2D eigenvalue weighted by Gasteiger charge is 2.23. The summed E-state index contributed by atoms with van der Waals surface area (Å²) in [7, 11) is 1.75. The number of benzene rings is 1. The van der Waals surface area contributed by atoms with Gasteiger partial charge in [0.1, 0.15) is 6.04 Å². The summed E-state index contributed by atoms with van der Waals surface area (Å²) >= 11 is 0. The highest BCUT2D eigenvalue weighted by Crippen LogP contribution is 2.14. The van der Waals surface area contributed by atoms with Gasteiger partial charge in [0.15, 0.2) is 0 Å². The quantitative estimate of drug-likeness (QED) is 0.497. The molecule has 0 aliphatic rings. The Balaban J connectivity index is 2.72. The molecule has 2 amide bonds. The Bertz CT molecular complexity index is 532. The Labute approximate surface area is 121 Å². The van der Waals surface area contributed by atoms with Crippen molar-refractivity contribution >= 4 is 23.7 Å². The van der Waals surface area contributed by atoms with Gasteiger partial charge in [-0.15, -0.1) is 0 Å². The molecule has 1 atom stereocenters. The van der Waals surface area contributed by atoms with Crippen LogP contribution in [0, 0.1) is 0 Å². The number of carbonyl (C=O) groups excluding carboxylic acids is 1. The Morgan fingerprint density at radius 2 is 1.86 bits per heavy atom. The molecule has 1 aromatic carbocycles. The van der Waals surface area contributed by atoms with Crippen LogP contribution in [0.2, 0.25) is 0 Å². The van der Waals surface area contributed by atoms with Crippen LogP contribution in [-0.2, 0) is 16.1 Å². The van der Waals surface area contributed by atoms with Gasteiger partial charge in [0, 0.05) is 12.2 Å². The van der Waals surface area contributed by atoms with Gasteiger partial charge in [-0.3, -0.25) is 4.79 Å². The van der Waals surface area contributed by atoms with E-state index >= 15 is 0 Å². The average molecular weight is 295 g/mol. The van der Waals surface area contributed by atoms with Crippen molar-refractivity contribution < 1.29 is 24.6 Å². The largest absolute Gasteiger partial charge is 0.481 e. The predicted molar refractivity (Wildman–Crippen MR) is 75.0 cm³/mol. The van der Waals surface area contributed by atoms with E-state index in [-0.39, 0.29) is 0 Å².